The van der Waals surface area contributed by atoms with Crippen molar-refractivity contribution in [2.24, 2.45) is 0 Å². The van der Waals surface area contributed by atoms with Gasteiger partial charge in [0.25, 0.3) is 0 Å². The summed E-state index contributed by atoms with van der Waals surface area (Å²) in [6.07, 6.45) is 3.02. The van der Waals surface area contributed by atoms with E-state index in [1.807, 2.05) is 12.3 Å². The topological polar surface area (TPSA) is 28.6 Å². The molecule has 5 heteroatoms. The van der Waals surface area contributed by atoms with E-state index in [-0.39, 0.29) is 0 Å². The summed E-state index contributed by atoms with van der Waals surface area (Å²) in [5.41, 5.74) is 1.21. The molecule has 1 fully saturated rings. The standard InChI is InChI=1S/C13H20BrN3O/c1-18-13-11-12(3-5-15-13)17-7-2-6-16(8-4-14)9-10-17/h3,5,11H,2,4,6-10H2,1H3. The first-order chi connectivity index (χ1) is 8.83. The van der Waals surface area contributed by atoms with Crippen LogP contribution >= 0.6 is 15.9 Å². The number of ether oxygens (including phenoxy) is 1. The van der Waals surface area contributed by atoms with Crippen molar-refractivity contribution in [2.75, 3.05) is 50.1 Å². The predicted octanol–water partition coefficient (Wildman–Crippen LogP) is 2.00. The average molecular weight is 314 g/mol. The Hall–Kier alpha value is -0.810. The maximum Gasteiger partial charge on any atom is 0.214 e. The fourth-order valence-electron chi connectivity index (χ4n) is 2.28. The molecule has 0 amide bonds. The van der Waals surface area contributed by atoms with Gasteiger partial charge < -0.3 is 14.5 Å². The van der Waals surface area contributed by atoms with Gasteiger partial charge in [-0.15, -0.1) is 0 Å². The van der Waals surface area contributed by atoms with Crippen LogP contribution in [0.3, 0.4) is 0 Å². The maximum absolute atomic E-state index is 5.18. The number of halogens is 1. The molecule has 0 bridgehead atoms. The van der Waals surface area contributed by atoms with Gasteiger partial charge in [-0.2, -0.15) is 0 Å². The lowest BCUT2D eigenvalue weighted by Gasteiger charge is -2.23. The van der Waals surface area contributed by atoms with Gasteiger partial charge in [0, 0.05) is 49.5 Å². The molecule has 0 aromatic carbocycles. The van der Waals surface area contributed by atoms with Crippen molar-refractivity contribution < 1.29 is 4.74 Å². The Labute approximate surface area is 117 Å². The quantitative estimate of drug-likeness (QED) is 0.795. The lowest BCUT2D eigenvalue weighted by molar-refractivity contribution is 0.313. The molecule has 1 aliphatic heterocycles. The fraction of sp³-hybridized carbons (Fsp3) is 0.615. The van der Waals surface area contributed by atoms with Crippen LogP contribution in [-0.2, 0) is 0 Å². The molecule has 0 atom stereocenters. The number of methoxy groups -OCH3 is 1. The highest BCUT2D eigenvalue weighted by Crippen LogP contribution is 2.20. The third kappa shape index (κ3) is 3.59. The molecule has 1 aliphatic rings. The normalized spacial score (nSPS) is 17.6. The summed E-state index contributed by atoms with van der Waals surface area (Å²) in [6, 6.07) is 4.07. The first-order valence-corrected chi connectivity index (χ1v) is 7.49. The second-order valence-corrected chi connectivity index (χ2v) is 5.22. The molecule has 0 unspecified atom stereocenters. The number of rotatable bonds is 4. The van der Waals surface area contributed by atoms with Gasteiger partial charge in [-0.1, -0.05) is 15.9 Å². The van der Waals surface area contributed by atoms with Crippen LogP contribution in [0.4, 0.5) is 5.69 Å². The van der Waals surface area contributed by atoms with Gasteiger partial charge in [0.05, 0.1) is 7.11 Å². The molecule has 1 aromatic rings. The Morgan fingerprint density at radius 2 is 2.22 bits per heavy atom. The molecule has 100 valence electrons. The van der Waals surface area contributed by atoms with Crippen molar-refractivity contribution >= 4 is 21.6 Å². The monoisotopic (exact) mass is 313 g/mol. The Kier molecular flexibility index (Phi) is 5.26. The van der Waals surface area contributed by atoms with Crippen molar-refractivity contribution in [3.63, 3.8) is 0 Å². The summed E-state index contributed by atoms with van der Waals surface area (Å²) >= 11 is 3.51. The molecular formula is C13H20BrN3O. The van der Waals surface area contributed by atoms with Crippen LogP contribution in [0.15, 0.2) is 18.3 Å². The zero-order valence-corrected chi connectivity index (χ0v) is 12.4. The zero-order valence-electron chi connectivity index (χ0n) is 10.8. The molecule has 1 saturated heterocycles. The molecule has 4 nitrogen and oxygen atoms in total. The van der Waals surface area contributed by atoms with Crippen LogP contribution in [0.25, 0.3) is 0 Å². The van der Waals surface area contributed by atoms with Gasteiger partial charge in [0.1, 0.15) is 0 Å². The minimum absolute atomic E-state index is 0.689. The second kappa shape index (κ2) is 6.95. The summed E-state index contributed by atoms with van der Waals surface area (Å²) in [6.45, 7) is 5.61. The third-order valence-corrected chi connectivity index (χ3v) is 3.64. The first kappa shape index (κ1) is 13.6. The summed E-state index contributed by atoms with van der Waals surface area (Å²) in [5, 5.41) is 1.05. The molecule has 18 heavy (non-hydrogen) atoms. The van der Waals surface area contributed by atoms with Crippen LogP contribution in [0.2, 0.25) is 0 Å². The molecule has 2 rings (SSSR count). The van der Waals surface area contributed by atoms with Gasteiger partial charge in [0.15, 0.2) is 0 Å². The lowest BCUT2D eigenvalue weighted by atomic mass is 10.3. The van der Waals surface area contributed by atoms with E-state index in [9.17, 15) is 0 Å². The third-order valence-electron chi connectivity index (χ3n) is 3.28. The summed E-state index contributed by atoms with van der Waals surface area (Å²) in [4.78, 5) is 9.08. The highest BCUT2D eigenvalue weighted by molar-refractivity contribution is 9.09. The van der Waals surface area contributed by atoms with Crippen LogP contribution in [0.5, 0.6) is 5.88 Å². The SMILES string of the molecule is COc1cc(N2CCCN(CCBr)CC2)ccn1. The summed E-state index contributed by atoms with van der Waals surface area (Å²) < 4.78 is 5.18. The van der Waals surface area contributed by atoms with Crippen LogP contribution in [-0.4, -0.2) is 55.0 Å². The first-order valence-electron chi connectivity index (χ1n) is 6.37. The van der Waals surface area contributed by atoms with Crippen LogP contribution in [0, 0.1) is 0 Å². The van der Waals surface area contributed by atoms with Crippen LogP contribution in [0.1, 0.15) is 6.42 Å². The number of hydrogen-bond acceptors (Lipinski definition) is 4. The number of pyridine rings is 1. The van der Waals surface area contributed by atoms with Crippen molar-refractivity contribution in [1.82, 2.24) is 9.88 Å². The van der Waals surface area contributed by atoms with E-state index in [2.05, 4.69) is 36.8 Å². The van der Waals surface area contributed by atoms with E-state index in [1.165, 1.54) is 18.7 Å². The molecule has 0 N–H and O–H groups in total. The van der Waals surface area contributed by atoms with Crippen LogP contribution < -0.4 is 9.64 Å². The van der Waals surface area contributed by atoms with Crippen molar-refractivity contribution in [3.05, 3.63) is 18.3 Å². The highest BCUT2D eigenvalue weighted by atomic mass is 79.9. The Balaban J connectivity index is 2.00. The maximum atomic E-state index is 5.18. The summed E-state index contributed by atoms with van der Waals surface area (Å²) in [7, 11) is 1.66. The number of nitrogens with zero attached hydrogens (tertiary/aromatic N) is 3. The number of alkyl halides is 1. The molecule has 1 aromatic heterocycles. The van der Waals surface area contributed by atoms with Gasteiger partial charge in [-0.3, -0.25) is 0 Å². The number of aromatic nitrogens is 1. The minimum atomic E-state index is 0.689. The number of anilines is 1. The predicted molar refractivity (Wildman–Crippen MR) is 77.9 cm³/mol. The van der Waals surface area contributed by atoms with Crippen molar-refractivity contribution in [1.29, 1.82) is 0 Å². The van der Waals surface area contributed by atoms with Gasteiger partial charge in [0.2, 0.25) is 5.88 Å². The van der Waals surface area contributed by atoms with E-state index >= 15 is 0 Å². The van der Waals surface area contributed by atoms with E-state index in [0.29, 0.717) is 5.88 Å². The average Bonchev–Trinajstić information content (AvgIpc) is 2.65. The van der Waals surface area contributed by atoms with Crippen molar-refractivity contribution in [3.8, 4) is 5.88 Å². The van der Waals surface area contributed by atoms with Gasteiger partial charge >= 0.3 is 0 Å². The van der Waals surface area contributed by atoms with Gasteiger partial charge in [-0.25, -0.2) is 4.98 Å². The highest BCUT2D eigenvalue weighted by Gasteiger charge is 2.15. The van der Waals surface area contributed by atoms with E-state index in [1.54, 1.807) is 7.11 Å². The largest absolute Gasteiger partial charge is 0.481 e. The smallest absolute Gasteiger partial charge is 0.214 e. The van der Waals surface area contributed by atoms with E-state index in [4.69, 9.17) is 4.74 Å². The zero-order chi connectivity index (χ0) is 12.8. The molecule has 0 radical (unpaired) electrons. The van der Waals surface area contributed by atoms with Gasteiger partial charge in [-0.05, 0) is 19.0 Å². The van der Waals surface area contributed by atoms with Crippen molar-refractivity contribution in [2.45, 2.75) is 6.42 Å². The Morgan fingerprint density at radius 3 is 3.00 bits per heavy atom. The molecule has 0 aliphatic carbocycles. The van der Waals surface area contributed by atoms with E-state index < -0.39 is 0 Å². The molecular weight excluding hydrogens is 294 g/mol. The van der Waals surface area contributed by atoms with E-state index in [0.717, 1.165) is 31.5 Å². The Morgan fingerprint density at radius 1 is 1.33 bits per heavy atom. The summed E-state index contributed by atoms with van der Waals surface area (Å²) in [5.74, 6) is 0.689. The molecule has 0 spiro atoms. The number of hydrogen-bond donors (Lipinski definition) is 0. The second-order valence-electron chi connectivity index (χ2n) is 4.43. The fourth-order valence-corrected chi connectivity index (χ4v) is 2.78. The lowest BCUT2D eigenvalue weighted by Crippen LogP contribution is -2.31. The Bertz CT molecular complexity index is 375. The molecule has 0 saturated carbocycles. The minimum Gasteiger partial charge on any atom is -0.481 e. The molecule has 2 heterocycles.